The van der Waals surface area contributed by atoms with Crippen molar-refractivity contribution in [3.05, 3.63) is 47.7 Å². The zero-order chi connectivity index (χ0) is 24.0. The zero-order valence-corrected chi connectivity index (χ0v) is 18.6. The van der Waals surface area contributed by atoms with Crippen LogP contribution in [-0.4, -0.2) is 60.4 Å². The molecular weight excluding hydrogens is 421 g/mol. The average molecular weight is 448 g/mol. The molecule has 2 aromatic rings. The zero-order valence-electron chi connectivity index (χ0n) is 18.6. The number of nitrogens with zero attached hydrogens (tertiary/aromatic N) is 6. The highest BCUT2D eigenvalue weighted by Gasteiger charge is 2.29. The number of hydrogen-bond acceptors (Lipinski definition) is 8. The predicted molar refractivity (Wildman–Crippen MR) is 128 cm³/mol. The van der Waals surface area contributed by atoms with Crippen LogP contribution in [0.1, 0.15) is 24.0 Å². The molecule has 0 saturated carbocycles. The summed E-state index contributed by atoms with van der Waals surface area (Å²) >= 11 is 0. The Bertz CT molecular complexity index is 1120. The van der Waals surface area contributed by atoms with Crippen molar-refractivity contribution >= 4 is 29.8 Å². The number of allylic oxidation sites excluding steroid dienone is 1. The van der Waals surface area contributed by atoms with Crippen molar-refractivity contribution in [1.82, 2.24) is 14.9 Å². The second kappa shape index (κ2) is 10.5. The summed E-state index contributed by atoms with van der Waals surface area (Å²) in [5.74, 6) is -0.194. The second-order valence-electron chi connectivity index (χ2n) is 7.64. The van der Waals surface area contributed by atoms with Gasteiger partial charge in [0.1, 0.15) is 11.9 Å². The van der Waals surface area contributed by atoms with E-state index >= 15 is 0 Å². The van der Waals surface area contributed by atoms with Crippen LogP contribution in [0.4, 0.5) is 10.1 Å². The number of amidine groups is 1. The third-order valence-corrected chi connectivity index (χ3v) is 5.65. The monoisotopic (exact) mass is 447 g/mol. The van der Waals surface area contributed by atoms with Crippen molar-refractivity contribution in [2.45, 2.75) is 12.8 Å². The van der Waals surface area contributed by atoms with Gasteiger partial charge in [0.15, 0.2) is 0 Å². The Morgan fingerprint density at radius 1 is 1.33 bits per heavy atom. The van der Waals surface area contributed by atoms with Crippen LogP contribution in [-0.2, 0) is 0 Å². The number of nitrogens with one attached hydrogen (secondary N) is 2. The maximum atomic E-state index is 13.4. The summed E-state index contributed by atoms with van der Waals surface area (Å²) in [6.07, 6.45) is 8.59. The van der Waals surface area contributed by atoms with Crippen molar-refractivity contribution in [3.8, 4) is 17.3 Å². The molecule has 0 unspecified atom stereocenters. The minimum absolute atomic E-state index is 0.0104. The molecule has 1 aliphatic heterocycles. The van der Waals surface area contributed by atoms with E-state index in [0.29, 0.717) is 65.5 Å². The molecule has 4 N–H and O–H groups in total. The smallest absolute Gasteiger partial charge is 0.212 e. The highest BCUT2D eigenvalue weighted by atomic mass is 19.1. The number of piperidine rings is 1. The minimum Gasteiger partial charge on any atom is -0.398 e. The SMILES string of the molecule is CN=C/C=C(\N)c1cnc(-c2ccc(F)nc2)c(N2CCC(C(=N)N(C)C=N)CC2)c1C#N. The van der Waals surface area contributed by atoms with E-state index in [1.165, 1.54) is 23.4 Å². The lowest BCUT2D eigenvalue weighted by Gasteiger charge is -2.36. The molecule has 3 rings (SSSR count). The number of rotatable bonds is 6. The van der Waals surface area contributed by atoms with E-state index in [-0.39, 0.29) is 5.92 Å². The third-order valence-electron chi connectivity index (χ3n) is 5.65. The molecule has 1 fully saturated rings. The van der Waals surface area contributed by atoms with E-state index in [0.717, 1.165) is 6.34 Å². The van der Waals surface area contributed by atoms with Crippen molar-refractivity contribution in [3.63, 3.8) is 0 Å². The maximum Gasteiger partial charge on any atom is 0.212 e. The lowest BCUT2D eigenvalue weighted by atomic mass is 9.93. The molecule has 0 amide bonds. The fourth-order valence-electron chi connectivity index (χ4n) is 3.85. The molecule has 170 valence electrons. The van der Waals surface area contributed by atoms with Gasteiger partial charge in [0.25, 0.3) is 0 Å². The molecule has 0 aliphatic carbocycles. The first-order chi connectivity index (χ1) is 15.9. The van der Waals surface area contributed by atoms with E-state index in [1.807, 2.05) is 0 Å². The molecule has 2 aromatic heterocycles. The van der Waals surface area contributed by atoms with E-state index < -0.39 is 5.95 Å². The maximum absolute atomic E-state index is 13.4. The van der Waals surface area contributed by atoms with Crippen molar-refractivity contribution in [2.24, 2.45) is 16.6 Å². The summed E-state index contributed by atoms with van der Waals surface area (Å²) in [4.78, 5) is 15.8. The van der Waals surface area contributed by atoms with Crippen LogP contribution in [0.5, 0.6) is 0 Å². The van der Waals surface area contributed by atoms with Gasteiger partial charge in [0, 0.05) is 68.5 Å². The fraction of sp³-hybridized carbons (Fsp3) is 0.304. The topological polar surface area (TPSA) is 142 Å². The summed E-state index contributed by atoms with van der Waals surface area (Å²) in [6.45, 7) is 1.17. The van der Waals surface area contributed by atoms with Gasteiger partial charge in [0.05, 0.1) is 23.3 Å². The number of nitrogens with two attached hydrogens (primary N) is 1. The van der Waals surface area contributed by atoms with Gasteiger partial charge in [-0.1, -0.05) is 0 Å². The van der Waals surface area contributed by atoms with Gasteiger partial charge in [-0.25, -0.2) is 4.98 Å². The van der Waals surface area contributed by atoms with Gasteiger partial charge in [-0.2, -0.15) is 9.65 Å². The lowest BCUT2D eigenvalue weighted by molar-refractivity contribution is 0.473. The van der Waals surface area contributed by atoms with Gasteiger partial charge in [0.2, 0.25) is 5.95 Å². The summed E-state index contributed by atoms with van der Waals surface area (Å²) in [6, 6.07) is 5.12. The number of aromatic nitrogens is 2. The summed E-state index contributed by atoms with van der Waals surface area (Å²) in [5, 5.41) is 25.8. The van der Waals surface area contributed by atoms with Gasteiger partial charge < -0.3 is 15.5 Å². The Hall–Kier alpha value is -4.13. The molecule has 1 aliphatic rings. The number of hydrogen-bond donors (Lipinski definition) is 3. The average Bonchev–Trinajstić information content (AvgIpc) is 2.86. The molecule has 0 radical (unpaired) electrons. The highest BCUT2D eigenvalue weighted by Crippen LogP contribution is 2.37. The molecule has 3 heterocycles. The van der Waals surface area contributed by atoms with Crippen molar-refractivity contribution in [1.29, 1.82) is 16.1 Å². The summed E-state index contributed by atoms with van der Waals surface area (Å²) in [5.41, 5.74) is 9.15. The Kier molecular flexibility index (Phi) is 7.46. The molecule has 0 aromatic carbocycles. The third kappa shape index (κ3) is 5.03. The van der Waals surface area contributed by atoms with E-state index in [2.05, 4.69) is 25.9 Å². The number of aliphatic imine (C=N–C) groups is 1. The Labute approximate surface area is 192 Å². The molecule has 1 saturated heterocycles. The minimum atomic E-state index is -0.599. The number of halogens is 1. The van der Waals surface area contributed by atoms with E-state index in [1.54, 1.807) is 32.5 Å². The summed E-state index contributed by atoms with van der Waals surface area (Å²) < 4.78 is 13.4. The Morgan fingerprint density at radius 2 is 2.06 bits per heavy atom. The number of pyridine rings is 2. The number of anilines is 1. The fourth-order valence-corrected chi connectivity index (χ4v) is 3.85. The number of nitriles is 1. The van der Waals surface area contributed by atoms with Crippen molar-refractivity contribution < 1.29 is 4.39 Å². The molecule has 10 heteroatoms. The summed E-state index contributed by atoms with van der Waals surface area (Å²) in [7, 11) is 3.32. The molecule has 0 atom stereocenters. The Morgan fingerprint density at radius 3 is 2.64 bits per heavy atom. The quantitative estimate of drug-likeness (QED) is 0.353. The normalized spacial score (nSPS) is 14.8. The molecular formula is C23H26FN9. The molecule has 33 heavy (non-hydrogen) atoms. The molecule has 0 bridgehead atoms. The largest absolute Gasteiger partial charge is 0.398 e. The van der Waals surface area contributed by atoms with Gasteiger partial charge >= 0.3 is 0 Å². The van der Waals surface area contributed by atoms with Gasteiger partial charge in [-0.15, -0.1) is 0 Å². The second-order valence-corrected chi connectivity index (χ2v) is 7.64. The van der Waals surface area contributed by atoms with Crippen LogP contribution in [0.3, 0.4) is 0 Å². The lowest BCUT2D eigenvalue weighted by Crippen LogP contribution is -2.41. The van der Waals surface area contributed by atoms with Crippen LogP contribution in [0.2, 0.25) is 0 Å². The first kappa shape index (κ1) is 23.5. The van der Waals surface area contributed by atoms with Crippen LogP contribution in [0, 0.1) is 34.0 Å². The molecule has 0 spiro atoms. The van der Waals surface area contributed by atoms with E-state index in [9.17, 15) is 9.65 Å². The first-order valence-electron chi connectivity index (χ1n) is 10.4. The van der Waals surface area contributed by atoms with Gasteiger partial charge in [-0.05, 0) is 31.1 Å². The molecule has 9 nitrogen and oxygen atoms in total. The van der Waals surface area contributed by atoms with Crippen LogP contribution in [0.25, 0.3) is 17.0 Å². The predicted octanol–water partition coefficient (Wildman–Crippen LogP) is 2.89. The van der Waals surface area contributed by atoms with Crippen LogP contribution < -0.4 is 10.6 Å². The standard InChI is InChI=1S/C23H26FN9/c1-29-8-5-19(27)18-13-31-21(16-3-4-20(24)30-12-16)22(17(18)11-25)33-9-6-15(7-10-33)23(28)32(2)14-26/h3-5,8,12-15,26,28H,6-7,9-10,27H2,1-2H3/b19-5-,26-14?,28-23?,29-8?. The first-order valence-corrected chi connectivity index (χ1v) is 10.4. The van der Waals surface area contributed by atoms with E-state index in [4.69, 9.17) is 16.6 Å². The Balaban J connectivity index is 2.07. The van der Waals surface area contributed by atoms with Gasteiger partial charge in [-0.3, -0.25) is 20.8 Å². The van der Waals surface area contributed by atoms with Crippen LogP contribution in [0.15, 0.2) is 35.6 Å². The van der Waals surface area contributed by atoms with Crippen molar-refractivity contribution in [2.75, 3.05) is 32.1 Å². The highest BCUT2D eigenvalue weighted by molar-refractivity contribution is 5.91. The van der Waals surface area contributed by atoms with Crippen LogP contribution >= 0.6 is 0 Å².